The molecular formula is C34H32F2N4O4S. The number of aromatic amines is 1. The number of sulfonamides is 1. The standard InChI is InChI=1S/C34H32F2N4O4S/c1-37-19-26-23-16-25(31(40(2)45(3,42)43)18-32(23)44-34(26)21-9-12-22(35)13-10-21)29-14-11-20(6-5-15-41)33(39-29)30-17-24-27(36)7-4-8-28(24)38-30/h4,7-14,16-18,37-38,41H,5-6,15,19H2,1-3H3. The number of anilines is 1. The topological polar surface area (TPSA) is 111 Å². The van der Waals surface area contributed by atoms with E-state index in [0.29, 0.717) is 75.5 Å². The summed E-state index contributed by atoms with van der Waals surface area (Å²) in [5, 5.41) is 13.9. The van der Waals surface area contributed by atoms with Crippen LogP contribution in [0.4, 0.5) is 14.5 Å². The first kappa shape index (κ1) is 30.4. The Balaban J connectivity index is 1.61. The lowest BCUT2D eigenvalue weighted by Crippen LogP contribution is -2.25. The van der Waals surface area contributed by atoms with Crippen molar-refractivity contribution in [2.24, 2.45) is 0 Å². The molecule has 8 nitrogen and oxygen atoms in total. The third-order valence-corrected chi connectivity index (χ3v) is 9.12. The van der Waals surface area contributed by atoms with Gasteiger partial charge in [-0.2, -0.15) is 0 Å². The molecule has 3 aromatic carbocycles. The molecule has 11 heteroatoms. The molecule has 45 heavy (non-hydrogen) atoms. The lowest BCUT2D eigenvalue weighted by molar-refractivity contribution is 0.288. The largest absolute Gasteiger partial charge is 0.456 e. The van der Waals surface area contributed by atoms with Gasteiger partial charge in [-0.3, -0.25) is 4.31 Å². The zero-order chi connectivity index (χ0) is 31.9. The van der Waals surface area contributed by atoms with Crippen LogP contribution in [0.1, 0.15) is 17.5 Å². The van der Waals surface area contributed by atoms with Crippen LogP contribution in [0.3, 0.4) is 0 Å². The van der Waals surface area contributed by atoms with Crippen LogP contribution < -0.4 is 9.62 Å². The van der Waals surface area contributed by atoms with Crippen molar-refractivity contribution in [1.82, 2.24) is 15.3 Å². The number of rotatable bonds is 10. The number of aryl methyl sites for hydroxylation is 1. The van der Waals surface area contributed by atoms with Crippen molar-refractivity contribution in [3.8, 4) is 34.0 Å². The normalized spacial score (nSPS) is 12.0. The van der Waals surface area contributed by atoms with Gasteiger partial charge in [-0.15, -0.1) is 0 Å². The highest BCUT2D eigenvalue weighted by Gasteiger charge is 2.24. The Morgan fingerprint density at radius 1 is 1.02 bits per heavy atom. The summed E-state index contributed by atoms with van der Waals surface area (Å²) in [6, 6.07) is 19.8. The maximum Gasteiger partial charge on any atom is 0.232 e. The van der Waals surface area contributed by atoms with Gasteiger partial charge in [0.25, 0.3) is 0 Å². The molecule has 0 saturated carbocycles. The predicted molar refractivity (Wildman–Crippen MR) is 174 cm³/mol. The molecular weight excluding hydrogens is 598 g/mol. The Labute approximate surface area is 259 Å². The number of H-pyrrole nitrogens is 1. The lowest BCUT2D eigenvalue weighted by Gasteiger charge is -2.21. The number of furan rings is 1. The van der Waals surface area contributed by atoms with Gasteiger partial charge < -0.3 is 19.8 Å². The summed E-state index contributed by atoms with van der Waals surface area (Å²) in [6.45, 7) is 0.424. The molecule has 3 heterocycles. The summed E-state index contributed by atoms with van der Waals surface area (Å²) >= 11 is 0. The van der Waals surface area contributed by atoms with E-state index in [1.807, 2.05) is 25.2 Å². The number of aromatic nitrogens is 2. The van der Waals surface area contributed by atoms with Gasteiger partial charge in [-0.1, -0.05) is 12.1 Å². The van der Waals surface area contributed by atoms with E-state index in [2.05, 4.69) is 10.3 Å². The van der Waals surface area contributed by atoms with Crippen molar-refractivity contribution in [2.45, 2.75) is 19.4 Å². The van der Waals surface area contributed by atoms with E-state index >= 15 is 0 Å². The summed E-state index contributed by atoms with van der Waals surface area (Å²) < 4.78 is 61.5. The monoisotopic (exact) mass is 630 g/mol. The highest BCUT2D eigenvalue weighted by Crippen LogP contribution is 2.41. The third-order valence-electron chi connectivity index (χ3n) is 7.93. The van der Waals surface area contributed by atoms with Crippen LogP contribution in [-0.2, 0) is 23.0 Å². The van der Waals surface area contributed by atoms with Crippen molar-refractivity contribution >= 4 is 37.6 Å². The lowest BCUT2D eigenvalue weighted by atomic mass is 9.99. The van der Waals surface area contributed by atoms with Crippen LogP contribution in [-0.4, -0.2) is 50.5 Å². The molecule has 0 bridgehead atoms. The minimum atomic E-state index is -3.70. The molecule has 0 amide bonds. The van der Waals surface area contributed by atoms with Gasteiger partial charge in [0.05, 0.1) is 29.0 Å². The number of nitrogens with zero attached hydrogens (tertiary/aromatic N) is 2. The number of hydrogen-bond donors (Lipinski definition) is 3. The van der Waals surface area contributed by atoms with Crippen LogP contribution in [0, 0.1) is 11.6 Å². The molecule has 0 aliphatic carbocycles. The molecule has 0 aliphatic heterocycles. The van der Waals surface area contributed by atoms with E-state index in [4.69, 9.17) is 9.40 Å². The Hall–Kier alpha value is -4.58. The zero-order valence-corrected chi connectivity index (χ0v) is 25.8. The minimum absolute atomic E-state index is 0.00634. The van der Waals surface area contributed by atoms with Crippen LogP contribution in [0.5, 0.6) is 0 Å². The fraction of sp³-hybridized carbons (Fsp3) is 0.206. The summed E-state index contributed by atoms with van der Waals surface area (Å²) in [5.41, 5.74) is 5.97. The second-order valence-electron chi connectivity index (χ2n) is 11.0. The molecule has 6 aromatic rings. The summed E-state index contributed by atoms with van der Waals surface area (Å²) in [5.74, 6) is -0.191. The molecule has 0 saturated heterocycles. The minimum Gasteiger partial charge on any atom is -0.456 e. The SMILES string of the molecule is CNCc1c(-c2ccc(F)cc2)oc2cc(N(C)S(C)(=O)=O)c(-c3ccc(CCCO)c(-c4cc5c(F)cccc5[nH]4)n3)cc12. The van der Waals surface area contributed by atoms with Crippen molar-refractivity contribution in [3.63, 3.8) is 0 Å². The molecule has 0 unspecified atom stereocenters. The van der Waals surface area contributed by atoms with Crippen molar-refractivity contribution in [3.05, 3.63) is 95.6 Å². The molecule has 6 rings (SSSR count). The number of halogens is 2. The first-order valence-electron chi connectivity index (χ1n) is 14.4. The maximum absolute atomic E-state index is 14.6. The summed E-state index contributed by atoms with van der Waals surface area (Å²) in [7, 11) is -0.421. The summed E-state index contributed by atoms with van der Waals surface area (Å²) in [6.07, 6.45) is 2.15. The van der Waals surface area contributed by atoms with Gasteiger partial charge in [0.15, 0.2) is 0 Å². The molecule has 0 aliphatic rings. The second kappa shape index (κ2) is 12.1. The fourth-order valence-electron chi connectivity index (χ4n) is 5.60. The van der Waals surface area contributed by atoms with Crippen LogP contribution in [0.2, 0.25) is 0 Å². The van der Waals surface area contributed by atoms with Crippen molar-refractivity contribution < 1.29 is 26.7 Å². The van der Waals surface area contributed by atoms with Crippen LogP contribution >= 0.6 is 0 Å². The van der Waals surface area contributed by atoms with E-state index in [1.54, 1.807) is 36.4 Å². The Morgan fingerprint density at radius 2 is 1.80 bits per heavy atom. The van der Waals surface area contributed by atoms with E-state index in [0.717, 1.165) is 22.8 Å². The van der Waals surface area contributed by atoms with E-state index < -0.39 is 10.0 Å². The molecule has 3 N–H and O–H groups in total. The number of hydrogen-bond acceptors (Lipinski definition) is 6. The Kier molecular flexibility index (Phi) is 8.17. The molecule has 3 aromatic heterocycles. The number of nitrogens with one attached hydrogen (secondary N) is 2. The van der Waals surface area contributed by atoms with Crippen LogP contribution in [0.25, 0.3) is 55.8 Å². The Morgan fingerprint density at radius 3 is 2.49 bits per heavy atom. The fourth-order valence-corrected chi connectivity index (χ4v) is 6.11. The first-order chi connectivity index (χ1) is 21.6. The highest BCUT2D eigenvalue weighted by atomic mass is 32.2. The number of fused-ring (bicyclic) bond motifs is 2. The highest BCUT2D eigenvalue weighted by molar-refractivity contribution is 7.92. The van der Waals surface area contributed by atoms with E-state index in [-0.39, 0.29) is 18.2 Å². The van der Waals surface area contributed by atoms with Gasteiger partial charge in [0, 0.05) is 59.2 Å². The smallest absolute Gasteiger partial charge is 0.232 e. The third kappa shape index (κ3) is 5.82. The number of benzene rings is 3. The molecule has 0 atom stereocenters. The van der Waals surface area contributed by atoms with Crippen molar-refractivity contribution in [2.75, 3.05) is 31.3 Å². The molecule has 0 radical (unpaired) electrons. The Bertz CT molecular complexity index is 2140. The van der Waals surface area contributed by atoms with Gasteiger partial charge in [0.2, 0.25) is 10.0 Å². The van der Waals surface area contributed by atoms with E-state index in [1.165, 1.54) is 29.6 Å². The number of aliphatic hydroxyl groups excluding tert-OH is 1. The van der Waals surface area contributed by atoms with E-state index in [9.17, 15) is 22.3 Å². The van der Waals surface area contributed by atoms with Gasteiger partial charge in [-0.05, 0) is 80.1 Å². The van der Waals surface area contributed by atoms with Gasteiger partial charge in [-0.25, -0.2) is 22.2 Å². The quantitative estimate of drug-likeness (QED) is 0.157. The molecule has 0 spiro atoms. The predicted octanol–water partition coefficient (Wildman–Crippen LogP) is 6.63. The summed E-state index contributed by atoms with van der Waals surface area (Å²) in [4.78, 5) is 8.30. The van der Waals surface area contributed by atoms with Gasteiger partial charge in [0.1, 0.15) is 23.0 Å². The van der Waals surface area contributed by atoms with Crippen molar-refractivity contribution in [1.29, 1.82) is 0 Å². The zero-order valence-electron chi connectivity index (χ0n) is 25.0. The van der Waals surface area contributed by atoms with Crippen LogP contribution in [0.15, 0.2) is 77.2 Å². The maximum atomic E-state index is 14.6. The second-order valence-corrected chi connectivity index (χ2v) is 13.0. The molecule has 0 fully saturated rings. The number of pyridine rings is 1. The first-order valence-corrected chi connectivity index (χ1v) is 16.3. The number of aliphatic hydroxyl groups is 1. The van der Waals surface area contributed by atoms with Gasteiger partial charge >= 0.3 is 0 Å². The molecule has 232 valence electrons. The average Bonchev–Trinajstić information content (AvgIpc) is 3.61. The average molecular weight is 631 g/mol.